The normalized spacial score (nSPS) is 10.6. The molecule has 0 saturated heterocycles. The largest absolute Gasteiger partial charge is 0.322 e. The van der Waals surface area contributed by atoms with Crippen LogP contribution in [0.1, 0.15) is 31.8 Å². The van der Waals surface area contributed by atoms with E-state index >= 15 is 0 Å². The maximum absolute atomic E-state index is 12.8. The molecule has 0 fully saturated rings. The number of amides is 2. The zero-order chi connectivity index (χ0) is 21.1. The van der Waals surface area contributed by atoms with E-state index < -0.39 is 0 Å². The van der Waals surface area contributed by atoms with E-state index in [4.69, 9.17) is 0 Å². The number of nitrogens with one attached hydrogen (secondary N) is 2. The van der Waals surface area contributed by atoms with Crippen molar-refractivity contribution in [1.82, 2.24) is 0 Å². The van der Waals surface area contributed by atoms with Crippen molar-refractivity contribution in [3.63, 3.8) is 0 Å². The van der Waals surface area contributed by atoms with Crippen LogP contribution >= 0.6 is 0 Å². The van der Waals surface area contributed by atoms with Crippen molar-refractivity contribution >= 4 is 34.0 Å². The average Bonchev–Trinajstić information content (AvgIpc) is 2.77. The van der Waals surface area contributed by atoms with Gasteiger partial charge in [-0.3, -0.25) is 9.59 Å². The summed E-state index contributed by atoms with van der Waals surface area (Å²) in [4.78, 5) is 25.3. The van der Waals surface area contributed by atoms with Gasteiger partial charge in [0.1, 0.15) is 0 Å². The summed E-state index contributed by atoms with van der Waals surface area (Å²) in [5, 5.41) is 7.91. The lowest BCUT2D eigenvalue weighted by molar-refractivity contribution is 0.101. The number of benzene rings is 4. The number of para-hydroxylation sites is 1. The highest BCUT2D eigenvalue weighted by Gasteiger charge is 2.11. The van der Waals surface area contributed by atoms with E-state index in [1.165, 1.54) is 11.1 Å². The smallest absolute Gasteiger partial charge is 0.255 e. The van der Waals surface area contributed by atoms with Crippen molar-refractivity contribution in [3.8, 4) is 0 Å². The fourth-order valence-corrected chi connectivity index (χ4v) is 3.40. The van der Waals surface area contributed by atoms with Crippen LogP contribution in [0.4, 0.5) is 11.4 Å². The van der Waals surface area contributed by atoms with Crippen molar-refractivity contribution < 1.29 is 9.59 Å². The van der Waals surface area contributed by atoms with Crippen LogP contribution in [0.5, 0.6) is 0 Å². The Morgan fingerprint density at radius 2 is 1.30 bits per heavy atom. The molecule has 2 N–H and O–H groups in total. The summed E-state index contributed by atoms with van der Waals surface area (Å²) < 4.78 is 0. The molecule has 148 valence electrons. The third kappa shape index (κ3) is 4.08. The van der Waals surface area contributed by atoms with Crippen LogP contribution < -0.4 is 10.6 Å². The quantitative estimate of drug-likeness (QED) is 0.449. The van der Waals surface area contributed by atoms with E-state index in [-0.39, 0.29) is 11.8 Å². The number of fused-ring (bicyclic) bond motifs is 1. The van der Waals surface area contributed by atoms with Crippen LogP contribution in [0, 0.1) is 13.8 Å². The fourth-order valence-electron chi connectivity index (χ4n) is 3.40. The van der Waals surface area contributed by atoms with E-state index in [2.05, 4.69) is 30.5 Å². The number of aryl methyl sites for hydroxylation is 2. The van der Waals surface area contributed by atoms with Crippen LogP contribution in [0.15, 0.2) is 84.9 Å². The minimum Gasteiger partial charge on any atom is -0.322 e. The average molecular weight is 394 g/mol. The third-order valence-electron chi connectivity index (χ3n) is 5.24. The van der Waals surface area contributed by atoms with E-state index in [0.29, 0.717) is 16.8 Å². The van der Waals surface area contributed by atoms with Gasteiger partial charge in [0.15, 0.2) is 0 Å². The maximum atomic E-state index is 12.8. The molecular formula is C26H22N2O2. The molecule has 0 saturated carbocycles. The van der Waals surface area contributed by atoms with E-state index in [1.807, 2.05) is 54.6 Å². The number of carbonyl (C=O) groups is 2. The van der Waals surface area contributed by atoms with Gasteiger partial charge in [0.25, 0.3) is 11.8 Å². The zero-order valence-electron chi connectivity index (χ0n) is 16.9. The lowest BCUT2D eigenvalue weighted by Crippen LogP contribution is -2.14. The van der Waals surface area contributed by atoms with Gasteiger partial charge in [0.2, 0.25) is 0 Å². The first-order valence-electron chi connectivity index (χ1n) is 9.79. The van der Waals surface area contributed by atoms with E-state index in [9.17, 15) is 9.59 Å². The number of hydrogen-bond donors (Lipinski definition) is 2. The summed E-state index contributed by atoms with van der Waals surface area (Å²) in [5.74, 6) is -0.440. The minimum absolute atomic E-state index is 0.212. The Labute approximate surface area is 175 Å². The van der Waals surface area contributed by atoms with Gasteiger partial charge < -0.3 is 10.6 Å². The van der Waals surface area contributed by atoms with Gasteiger partial charge in [0.05, 0.1) is 0 Å². The second-order valence-corrected chi connectivity index (χ2v) is 7.30. The summed E-state index contributed by atoms with van der Waals surface area (Å²) in [7, 11) is 0. The van der Waals surface area contributed by atoms with Crippen molar-refractivity contribution in [2.24, 2.45) is 0 Å². The molecule has 0 atom stereocenters. The highest BCUT2D eigenvalue weighted by Crippen LogP contribution is 2.23. The molecule has 0 bridgehead atoms. The number of rotatable bonds is 4. The summed E-state index contributed by atoms with van der Waals surface area (Å²) in [6.07, 6.45) is 0. The maximum Gasteiger partial charge on any atom is 0.255 e. The molecule has 0 unspecified atom stereocenters. The van der Waals surface area contributed by atoms with Gasteiger partial charge in [-0.05, 0) is 78.2 Å². The Hall–Kier alpha value is -3.92. The molecule has 0 aliphatic carbocycles. The Bertz CT molecular complexity index is 1250. The van der Waals surface area contributed by atoms with Crippen molar-refractivity contribution in [1.29, 1.82) is 0 Å². The lowest BCUT2D eigenvalue weighted by atomic mass is 9.99. The molecule has 0 spiro atoms. The van der Waals surface area contributed by atoms with Gasteiger partial charge in [-0.15, -0.1) is 0 Å². The molecule has 0 aliphatic rings. The topological polar surface area (TPSA) is 58.2 Å². The molecule has 4 aromatic carbocycles. The molecule has 0 aliphatic heterocycles. The molecule has 4 nitrogen and oxygen atoms in total. The molecule has 0 heterocycles. The highest BCUT2D eigenvalue weighted by atomic mass is 16.2. The minimum atomic E-state index is -0.228. The van der Waals surface area contributed by atoms with Crippen LogP contribution in [0.25, 0.3) is 10.8 Å². The summed E-state index contributed by atoms with van der Waals surface area (Å²) in [6, 6.07) is 26.0. The molecular weight excluding hydrogens is 372 g/mol. The van der Waals surface area contributed by atoms with Gasteiger partial charge in [-0.1, -0.05) is 42.5 Å². The Morgan fingerprint density at radius 1 is 0.633 bits per heavy atom. The van der Waals surface area contributed by atoms with E-state index in [0.717, 1.165) is 16.5 Å². The number of hydrogen-bond acceptors (Lipinski definition) is 2. The second-order valence-electron chi connectivity index (χ2n) is 7.30. The molecule has 0 aromatic heterocycles. The molecule has 4 aromatic rings. The number of anilines is 2. The highest BCUT2D eigenvalue weighted by molar-refractivity contribution is 6.08. The fraction of sp³-hybridized carbons (Fsp3) is 0.0769. The Balaban J connectivity index is 1.52. The van der Waals surface area contributed by atoms with Crippen LogP contribution in [-0.4, -0.2) is 11.8 Å². The van der Waals surface area contributed by atoms with Crippen molar-refractivity contribution in [3.05, 3.63) is 107 Å². The van der Waals surface area contributed by atoms with Gasteiger partial charge in [0, 0.05) is 22.5 Å². The number of carbonyl (C=O) groups excluding carboxylic acids is 2. The first-order chi connectivity index (χ1) is 14.5. The first kappa shape index (κ1) is 19.4. The van der Waals surface area contributed by atoms with E-state index in [1.54, 1.807) is 24.3 Å². The predicted octanol–water partition coefficient (Wildman–Crippen LogP) is 5.96. The molecule has 30 heavy (non-hydrogen) atoms. The molecule has 4 heteroatoms. The summed E-state index contributed by atoms with van der Waals surface area (Å²) >= 11 is 0. The Kier molecular flexibility index (Phi) is 5.31. The summed E-state index contributed by atoms with van der Waals surface area (Å²) in [6.45, 7) is 4.17. The monoisotopic (exact) mass is 394 g/mol. The van der Waals surface area contributed by atoms with Gasteiger partial charge in [-0.2, -0.15) is 0 Å². The molecule has 2 amide bonds. The Morgan fingerprint density at radius 3 is 2.07 bits per heavy atom. The SMILES string of the molecule is Cc1ccc2cc(C(=O)Nc3cccc(C(=O)Nc4ccccc4)c3)ccc2c1C. The second kappa shape index (κ2) is 8.21. The standard InChI is InChI=1S/C26H22N2O2/c1-17-11-12-19-15-21(13-14-24(19)18(17)2)26(30)28-23-10-6-7-20(16-23)25(29)27-22-8-4-3-5-9-22/h3-16H,1-2H3,(H,27,29)(H,28,30). The van der Waals surface area contributed by atoms with Crippen LogP contribution in [-0.2, 0) is 0 Å². The first-order valence-corrected chi connectivity index (χ1v) is 9.79. The van der Waals surface area contributed by atoms with Crippen LogP contribution in [0.2, 0.25) is 0 Å². The predicted molar refractivity (Wildman–Crippen MR) is 122 cm³/mol. The summed E-state index contributed by atoms with van der Waals surface area (Å²) in [5.41, 5.74) is 4.78. The van der Waals surface area contributed by atoms with Crippen LogP contribution in [0.3, 0.4) is 0 Å². The zero-order valence-corrected chi connectivity index (χ0v) is 16.9. The van der Waals surface area contributed by atoms with Crippen molar-refractivity contribution in [2.45, 2.75) is 13.8 Å². The third-order valence-corrected chi connectivity index (χ3v) is 5.24. The van der Waals surface area contributed by atoms with Gasteiger partial charge >= 0.3 is 0 Å². The molecule has 0 radical (unpaired) electrons. The van der Waals surface area contributed by atoms with Gasteiger partial charge in [-0.25, -0.2) is 0 Å². The van der Waals surface area contributed by atoms with Crippen molar-refractivity contribution in [2.75, 3.05) is 10.6 Å². The lowest BCUT2D eigenvalue weighted by Gasteiger charge is -2.10. The molecule has 4 rings (SSSR count).